The zero-order valence-corrected chi connectivity index (χ0v) is 17.9. The van der Waals surface area contributed by atoms with Crippen LogP contribution < -0.4 is 5.32 Å². The molecule has 1 amide bonds. The van der Waals surface area contributed by atoms with Gasteiger partial charge in [-0.25, -0.2) is 4.68 Å². The van der Waals surface area contributed by atoms with Crippen LogP contribution >= 0.6 is 0 Å². The summed E-state index contributed by atoms with van der Waals surface area (Å²) in [6.07, 6.45) is 0.768. The van der Waals surface area contributed by atoms with E-state index in [0.717, 1.165) is 34.5 Å². The third-order valence-electron chi connectivity index (χ3n) is 5.15. The molecule has 0 saturated heterocycles. The van der Waals surface area contributed by atoms with Crippen LogP contribution in [0.4, 0.5) is 0 Å². The number of hydrogen-bond donors (Lipinski definition) is 1. The summed E-state index contributed by atoms with van der Waals surface area (Å²) in [6.45, 7) is 9.43. The zero-order chi connectivity index (χ0) is 21.0. The number of aromatic nitrogens is 2. The molecule has 0 atom stereocenters. The van der Waals surface area contributed by atoms with Crippen molar-refractivity contribution in [3.63, 3.8) is 0 Å². The number of carbonyl (C=O) groups excluding carboxylic acids is 1. The molecule has 1 heterocycles. The van der Waals surface area contributed by atoms with Crippen LogP contribution in [0.5, 0.6) is 0 Å². The quantitative estimate of drug-likeness (QED) is 0.602. The van der Waals surface area contributed by atoms with E-state index in [2.05, 4.69) is 55.6 Å². The molecular weight excluding hydrogens is 362 g/mol. The predicted molar refractivity (Wildman–Crippen MR) is 117 cm³/mol. The second kappa shape index (κ2) is 9.05. The molecule has 0 saturated carbocycles. The molecule has 0 unspecified atom stereocenters. The monoisotopic (exact) mass is 391 g/mol. The predicted octanol–water partition coefficient (Wildman–Crippen LogP) is 4.54. The highest BCUT2D eigenvalue weighted by atomic mass is 16.5. The van der Waals surface area contributed by atoms with Crippen molar-refractivity contribution in [3.05, 3.63) is 70.4 Å². The van der Waals surface area contributed by atoms with Crippen molar-refractivity contribution >= 4 is 5.91 Å². The summed E-state index contributed by atoms with van der Waals surface area (Å²) in [5.41, 5.74) is 7.88. The minimum Gasteiger partial charge on any atom is -0.385 e. The fourth-order valence-corrected chi connectivity index (χ4v) is 3.22. The van der Waals surface area contributed by atoms with Gasteiger partial charge in [0, 0.05) is 25.8 Å². The van der Waals surface area contributed by atoms with Gasteiger partial charge in [0.2, 0.25) is 0 Å². The number of aryl methyl sites for hydroxylation is 4. The van der Waals surface area contributed by atoms with Crippen molar-refractivity contribution in [2.24, 2.45) is 0 Å². The standard InChI is InChI=1S/C24H29N3O2/c1-16-7-8-18(3)22(13-16)27-23(24(28)25-11-6-12-29-5)15-21(26-27)20-10-9-17(2)19(4)14-20/h7-10,13-15H,6,11-12H2,1-5H3,(H,25,28). The number of amides is 1. The first-order valence-electron chi connectivity index (χ1n) is 9.93. The Kier molecular flexibility index (Phi) is 6.49. The van der Waals surface area contributed by atoms with Gasteiger partial charge in [0.05, 0.1) is 11.4 Å². The zero-order valence-electron chi connectivity index (χ0n) is 17.9. The Morgan fingerprint density at radius 1 is 1.00 bits per heavy atom. The van der Waals surface area contributed by atoms with Crippen LogP contribution in [0.3, 0.4) is 0 Å². The van der Waals surface area contributed by atoms with E-state index in [-0.39, 0.29) is 5.91 Å². The second-order valence-electron chi connectivity index (χ2n) is 7.52. The molecule has 0 spiro atoms. The van der Waals surface area contributed by atoms with Crippen LogP contribution in [0.2, 0.25) is 0 Å². The van der Waals surface area contributed by atoms with Gasteiger partial charge in [-0.15, -0.1) is 0 Å². The smallest absolute Gasteiger partial charge is 0.270 e. The normalized spacial score (nSPS) is 10.9. The maximum Gasteiger partial charge on any atom is 0.270 e. The maximum absolute atomic E-state index is 13.0. The van der Waals surface area contributed by atoms with E-state index < -0.39 is 0 Å². The summed E-state index contributed by atoms with van der Waals surface area (Å²) < 4.78 is 6.83. The van der Waals surface area contributed by atoms with Gasteiger partial charge in [0.1, 0.15) is 5.69 Å². The molecule has 0 bridgehead atoms. The third kappa shape index (κ3) is 4.74. The van der Waals surface area contributed by atoms with Gasteiger partial charge in [0.25, 0.3) is 5.91 Å². The summed E-state index contributed by atoms with van der Waals surface area (Å²) in [7, 11) is 1.66. The van der Waals surface area contributed by atoms with E-state index in [1.54, 1.807) is 11.8 Å². The number of benzene rings is 2. The number of carbonyl (C=O) groups is 1. The molecule has 29 heavy (non-hydrogen) atoms. The van der Waals surface area contributed by atoms with Gasteiger partial charge in [-0.05, 0) is 74.6 Å². The molecule has 0 aliphatic carbocycles. The molecular formula is C24H29N3O2. The van der Waals surface area contributed by atoms with Crippen LogP contribution in [0.1, 0.15) is 39.2 Å². The van der Waals surface area contributed by atoms with Gasteiger partial charge < -0.3 is 10.1 Å². The molecule has 2 aromatic carbocycles. The Balaban J connectivity index is 2.04. The van der Waals surface area contributed by atoms with Crippen molar-refractivity contribution in [1.29, 1.82) is 0 Å². The number of hydrogen-bond acceptors (Lipinski definition) is 3. The fourth-order valence-electron chi connectivity index (χ4n) is 3.22. The number of ether oxygens (including phenoxy) is 1. The van der Waals surface area contributed by atoms with Crippen molar-refractivity contribution < 1.29 is 9.53 Å². The van der Waals surface area contributed by atoms with Crippen molar-refractivity contribution in [1.82, 2.24) is 15.1 Å². The lowest BCUT2D eigenvalue weighted by atomic mass is 10.0. The Bertz CT molecular complexity index is 1020. The maximum atomic E-state index is 13.0. The highest BCUT2D eigenvalue weighted by Gasteiger charge is 2.19. The highest BCUT2D eigenvalue weighted by molar-refractivity contribution is 5.94. The lowest BCUT2D eigenvalue weighted by Gasteiger charge is -2.11. The summed E-state index contributed by atoms with van der Waals surface area (Å²) in [5, 5.41) is 7.80. The van der Waals surface area contributed by atoms with Gasteiger partial charge in [-0.1, -0.05) is 24.3 Å². The summed E-state index contributed by atoms with van der Waals surface area (Å²) in [5.74, 6) is -0.135. The van der Waals surface area contributed by atoms with Gasteiger partial charge in [-0.2, -0.15) is 5.10 Å². The molecule has 1 N–H and O–H groups in total. The Morgan fingerprint density at radius 2 is 1.76 bits per heavy atom. The van der Waals surface area contributed by atoms with Crippen LogP contribution in [0.25, 0.3) is 16.9 Å². The van der Waals surface area contributed by atoms with Crippen LogP contribution in [0.15, 0.2) is 42.5 Å². The Hall–Kier alpha value is -2.92. The molecule has 0 aliphatic rings. The lowest BCUT2D eigenvalue weighted by molar-refractivity contribution is 0.0941. The van der Waals surface area contributed by atoms with E-state index in [1.165, 1.54) is 11.1 Å². The number of rotatable bonds is 7. The first kappa shape index (κ1) is 20.8. The number of methoxy groups -OCH3 is 1. The van der Waals surface area contributed by atoms with E-state index >= 15 is 0 Å². The first-order valence-corrected chi connectivity index (χ1v) is 9.93. The third-order valence-corrected chi connectivity index (χ3v) is 5.15. The van der Waals surface area contributed by atoms with E-state index in [4.69, 9.17) is 9.84 Å². The molecule has 3 aromatic rings. The molecule has 152 valence electrons. The van der Waals surface area contributed by atoms with Crippen molar-refractivity contribution in [2.75, 3.05) is 20.3 Å². The largest absolute Gasteiger partial charge is 0.385 e. The molecule has 5 nitrogen and oxygen atoms in total. The first-order chi connectivity index (χ1) is 13.9. The summed E-state index contributed by atoms with van der Waals surface area (Å²) in [6, 6.07) is 14.3. The van der Waals surface area contributed by atoms with E-state index in [1.807, 2.05) is 19.9 Å². The minimum atomic E-state index is -0.135. The Morgan fingerprint density at radius 3 is 2.48 bits per heavy atom. The van der Waals surface area contributed by atoms with Gasteiger partial charge in [0.15, 0.2) is 0 Å². The molecule has 3 rings (SSSR count). The van der Waals surface area contributed by atoms with E-state index in [0.29, 0.717) is 18.8 Å². The minimum absolute atomic E-state index is 0.135. The average molecular weight is 392 g/mol. The summed E-state index contributed by atoms with van der Waals surface area (Å²) >= 11 is 0. The van der Waals surface area contributed by atoms with Crippen molar-refractivity contribution in [3.8, 4) is 16.9 Å². The van der Waals surface area contributed by atoms with Gasteiger partial charge in [-0.3, -0.25) is 4.79 Å². The number of nitrogens with one attached hydrogen (secondary N) is 1. The number of nitrogens with zero attached hydrogens (tertiary/aromatic N) is 2. The van der Waals surface area contributed by atoms with Crippen molar-refractivity contribution in [2.45, 2.75) is 34.1 Å². The molecule has 0 aliphatic heterocycles. The molecule has 0 fully saturated rings. The van der Waals surface area contributed by atoms with Crippen LogP contribution in [-0.4, -0.2) is 35.9 Å². The second-order valence-corrected chi connectivity index (χ2v) is 7.52. The van der Waals surface area contributed by atoms with E-state index in [9.17, 15) is 4.79 Å². The van der Waals surface area contributed by atoms with Crippen LogP contribution in [0, 0.1) is 27.7 Å². The Labute approximate surface area is 172 Å². The lowest BCUT2D eigenvalue weighted by Crippen LogP contribution is -2.27. The topological polar surface area (TPSA) is 56.1 Å². The molecule has 1 aromatic heterocycles. The molecule has 5 heteroatoms. The average Bonchev–Trinajstić information content (AvgIpc) is 3.14. The van der Waals surface area contributed by atoms with Gasteiger partial charge >= 0.3 is 0 Å². The molecule has 0 radical (unpaired) electrons. The highest BCUT2D eigenvalue weighted by Crippen LogP contribution is 2.25. The fraction of sp³-hybridized carbons (Fsp3) is 0.333. The summed E-state index contributed by atoms with van der Waals surface area (Å²) in [4.78, 5) is 13.0. The van der Waals surface area contributed by atoms with Crippen LogP contribution in [-0.2, 0) is 4.74 Å². The SMILES string of the molecule is COCCCNC(=O)c1cc(-c2ccc(C)c(C)c2)nn1-c1cc(C)ccc1C.